The van der Waals surface area contributed by atoms with E-state index in [4.69, 9.17) is 4.74 Å². The van der Waals surface area contributed by atoms with Crippen LogP contribution in [0.3, 0.4) is 0 Å². The molecule has 2 aromatic rings. The summed E-state index contributed by atoms with van der Waals surface area (Å²) in [7, 11) is 1.41. The summed E-state index contributed by atoms with van der Waals surface area (Å²) in [6.45, 7) is 2.06. The summed E-state index contributed by atoms with van der Waals surface area (Å²) >= 11 is 0. The van der Waals surface area contributed by atoms with Gasteiger partial charge in [-0.25, -0.2) is 4.79 Å². The van der Waals surface area contributed by atoms with E-state index >= 15 is 0 Å². The summed E-state index contributed by atoms with van der Waals surface area (Å²) in [5, 5.41) is 0. The third kappa shape index (κ3) is 2.52. The van der Waals surface area contributed by atoms with E-state index in [1.807, 2.05) is 36.4 Å². The van der Waals surface area contributed by atoms with Gasteiger partial charge in [0.05, 0.1) is 12.7 Å². The van der Waals surface area contributed by atoms with Crippen LogP contribution in [0.1, 0.15) is 22.3 Å². The average Bonchev–Trinajstić information content (AvgIpc) is 2.88. The van der Waals surface area contributed by atoms with Gasteiger partial charge in [-0.15, -0.1) is 0 Å². The fraction of sp³-hybridized carbons (Fsp3) is 0.105. The van der Waals surface area contributed by atoms with Crippen LogP contribution >= 0.6 is 0 Å². The fourth-order valence-electron chi connectivity index (χ4n) is 2.51. The molecule has 0 aromatic heterocycles. The van der Waals surface area contributed by atoms with Crippen molar-refractivity contribution >= 4 is 23.7 Å². The minimum absolute atomic E-state index is 0.301. The van der Waals surface area contributed by atoms with Crippen molar-refractivity contribution in [2.75, 3.05) is 7.11 Å². The predicted molar refractivity (Wildman–Crippen MR) is 85.5 cm³/mol. The normalized spacial score (nSPS) is 14.8. The van der Waals surface area contributed by atoms with Crippen LogP contribution in [0.2, 0.25) is 0 Å². The molecule has 0 aliphatic heterocycles. The molecular weight excluding hydrogens is 260 g/mol. The van der Waals surface area contributed by atoms with Crippen molar-refractivity contribution in [2.45, 2.75) is 6.92 Å². The Hall–Kier alpha value is -2.61. The highest BCUT2D eigenvalue weighted by Crippen LogP contribution is 2.37. The minimum atomic E-state index is -0.301. The molecule has 3 rings (SSSR count). The largest absolute Gasteiger partial charge is 0.465 e. The van der Waals surface area contributed by atoms with Crippen LogP contribution in [0.5, 0.6) is 0 Å². The second kappa shape index (κ2) is 5.41. The van der Waals surface area contributed by atoms with Gasteiger partial charge in [-0.3, -0.25) is 0 Å². The molecule has 0 unspecified atom stereocenters. The average molecular weight is 276 g/mol. The second-order valence-corrected chi connectivity index (χ2v) is 5.11. The molecule has 0 saturated carbocycles. The second-order valence-electron chi connectivity index (χ2n) is 5.11. The van der Waals surface area contributed by atoms with Crippen molar-refractivity contribution in [1.82, 2.24) is 0 Å². The minimum Gasteiger partial charge on any atom is -0.465 e. The number of rotatable bonds is 2. The van der Waals surface area contributed by atoms with E-state index in [1.165, 1.54) is 12.7 Å². The first-order valence-electron chi connectivity index (χ1n) is 6.87. The molecule has 2 aromatic carbocycles. The highest BCUT2D eigenvalue weighted by atomic mass is 16.5. The molecule has 0 N–H and O–H groups in total. The Labute approximate surface area is 124 Å². The number of aryl methyl sites for hydroxylation is 1. The van der Waals surface area contributed by atoms with Gasteiger partial charge < -0.3 is 4.74 Å². The maximum Gasteiger partial charge on any atom is 0.338 e. The topological polar surface area (TPSA) is 26.3 Å². The van der Waals surface area contributed by atoms with E-state index in [9.17, 15) is 4.79 Å². The Balaban J connectivity index is 2.11. The molecule has 0 radical (unpaired) electrons. The van der Waals surface area contributed by atoms with Gasteiger partial charge >= 0.3 is 5.97 Å². The molecule has 0 atom stereocenters. The molecule has 0 fully saturated rings. The number of esters is 1. The van der Waals surface area contributed by atoms with Crippen molar-refractivity contribution in [3.05, 3.63) is 76.4 Å². The molecule has 21 heavy (non-hydrogen) atoms. The molecule has 0 bridgehead atoms. The quantitative estimate of drug-likeness (QED) is 0.772. The number of hydrogen-bond acceptors (Lipinski definition) is 2. The SMILES string of the molecule is COC(=O)C1=Cc2ccccc2/C1=C/c1ccc(C)cc1. The summed E-state index contributed by atoms with van der Waals surface area (Å²) in [5.41, 5.74) is 5.94. The first-order chi connectivity index (χ1) is 10.2. The lowest BCUT2D eigenvalue weighted by atomic mass is 9.99. The van der Waals surface area contributed by atoms with Gasteiger partial charge in [-0.1, -0.05) is 54.1 Å². The first kappa shape index (κ1) is 13.4. The lowest BCUT2D eigenvalue weighted by molar-refractivity contribution is -0.135. The third-order valence-electron chi connectivity index (χ3n) is 3.63. The van der Waals surface area contributed by atoms with Crippen molar-refractivity contribution in [3.8, 4) is 0 Å². The van der Waals surface area contributed by atoms with E-state index in [1.54, 1.807) is 0 Å². The van der Waals surface area contributed by atoms with E-state index in [0.29, 0.717) is 5.57 Å². The van der Waals surface area contributed by atoms with Crippen LogP contribution in [-0.4, -0.2) is 13.1 Å². The molecule has 0 heterocycles. The van der Waals surface area contributed by atoms with Gasteiger partial charge in [0.1, 0.15) is 0 Å². The van der Waals surface area contributed by atoms with Crippen molar-refractivity contribution in [3.63, 3.8) is 0 Å². The lowest BCUT2D eigenvalue weighted by Crippen LogP contribution is -2.03. The summed E-state index contributed by atoms with van der Waals surface area (Å²) in [6.07, 6.45) is 3.93. The number of ether oxygens (including phenoxy) is 1. The van der Waals surface area contributed by atoms with Crippen LogP contribution in [0, 0.1) is 6.92 Å². The van der Waals surface area contributed by atoms with Gasteiger partial charge in [0.2, 0.25) is 0 Å². The number of fused-ring (bicyclic) bond motifs is 1. The smallest absolute Gasteiger partial charge is 0.338 e. The molecule has 2 heteroatoms. The van der Waals surface area contributed by atoms with Crippen molar-refractivity contribution in [2.24, 2.45) is 0 Å². The highest BCUT2D eigenvalue weighted by Gasteiger charge is 2.24. The van der Waals surface area contributed by atoms with Crippen LogP contribution in [0.4, 0.5) is 0 Å². The zero-order valence-electron chi connectivity index (χ0n) is 12.1. The van der Waals surface area contributed by atoms with Crippen LogP contribution in [-0.2, 0) is 9.53 Å². The summed E-state index contributed by atoms with van der Waals surface area (Å²) in [5.74, 6) is -0.301. The standard InChI is InChI=1S/C19H16O2/c1-13-7-9-14(10-8-13)11-17-16-6-4-3-5-15(16)12-18(17)19(20)21-2/h3-12H,1-2H3/b17-11-. The highest BCUT2D eigenvalue weighted by molar-refractivity contribution is 6.18. The van der Waals surface area contributed by atoms with E-state index in [-0.39, 0.29) is 5.97 Å². The van der Waals surface area contributed by atoms with E-state index in [2.05, 4.69) is 31.2 Å². The van der Waals surface area contributed by atoms with Crippen molar-refractivity contribution in [1.29, 1.82) is 0 Å². The van der Waals surface area contributed by atoms with E-state index in [0.717, 1.165) is 22.3 Å². The Morgan fingerprint density at radius 1 is 1.05 bits per heavy atom. The molecular formula is C19H16O2. The lowest BCUT2D eigenvalue weighted by Gasteiger charge is -2.06. The molecule has 104 valence electrons. The summed E-state index contributed by atoms with van der Waals surface area (Å²) < 4.78 is 4.90. The van der Waals surface area contributed by atoms with Gasteiger partial charge in [0.15, 0.2) is 0 Å². The maximum atomic E-state index is 12.0. The van der Waals surface area contributed by atoms with Crippen molar-refractivity contribution < 1.29 is 9.53 Å². The number of carbonyl (C=O) groups excluding carboxylic acids is 1. The fourth-order valence-corrected chi connectivity index (χ4v) is 2.51. The summed E-state index contributed by atoms with van der Waals surface area (Å²) in [6, 6.07) is 16.2. The number of hydrogen-bond donors (Lipinski definition) is 0. The maximum absolute atomic E-state index is 12.0. The van der Waals surface area contributed by atoms with E-state index < -0.39 is 0 Å². The number of carbonyl (C=O) groups is 1. The Bertz CT molecular complexity index is 749. The van der Waals surface area contributed by atoms with Gasteiger partial charge in [-0.05, 0) is 41.3 Å². The number of methoxy groups -OCH3 is 1. The molecule has 1 aliphatic carbocycles. The Kier molecular flexibility index (Phi) is 3.44. The monoisotopic (exact) mass is 276 g/mol. The zero-order valence-corrected chi connectivity index (χ0v) is 12.1. The Morgan fingerprint density at radius 3 is 2.48 bits per heavy atom. The first-order valence-corrected chi connectivity index (χ1v) is 6.87. The van der Waals surface area contributed by atoms with Crippen LogP contribution < -0.4 is 0 Å². The molecule has 0 amide bonds. The molecule has 2 nitrogen and oxygen atoms in total. The van der Waals surface area contributed by atoms with Gasteiger partial charge in [0.25, 0.3) is 0 Å². The molecule has 0 spiro atoms. The van der Waals surface area contributed by atoms with Gasteiger partial charge in [-0.2, -0.15) is 0 Å². The number of benzene rings is 2. The van der Waals surface area contributed by atoms with Crippen LogP contribution in [0.15, 0.2) is 54.1 Å². The third-order valence-corrected chi connectivity index (χ3v) is 3.63. The van der Waals surface area contributed by atoms with Crippen LogP contribution in [0.25, 0.3) is 17.7 Å². The molecule has 1 aliphatic rings. The summed E-state index contributed by atoms with van der Waals surface area (Å²) in [4.78, 5) is 12.0. The van der Waals surface area contributed by atoms with Gasteiger partial charge in [0, 0.05) is 0 Å². The molecule has 0 saturated heterocycles. The zero-order chi connectivity index (χ0) is 14.8. The Morgan fingerprint density at radius 2 is 1.76 bits per heavy atom. The predicted octanol–water partition coefficient (Wildman–Crippen LogP) is 4.11.